The Morgan fingerprint density at radius 3 is 2.48 bits per heavy atom. The van der Waals surface area contributed by atoms with Gasteiger partial charge in [0.25, 0.3) is 0 Å². The Morgan fingerprint density at radius 1 is 1.10 bits per heavy atom. The summed E-state index contributed by atoms with van der Waals surface area (Å²) in [4.78, 5) is 26.2. The molecule has 1 aliphatic carbocycles. The number of carbonyl (C=O) groups excluding carboxylic acids is 2. The van der Waals surface area contributed by atoms with Crippen molar-refractivity contribution in [3.63, 3.8) is 0 Å². The number of nitrogens with zero attached hydrogens (tertiary/aromatic N) is 2. The highest BCUT2D eigenvalue weighted by Gasteiger charge is 2.46. The summed E-state index contributed by atoms with van der Waals surface area (Å²) in [5.74, 6) is 0.169. The second kappa shape index (κ2) is 5.32. The summed E-state index contributed by atoms with van der Waals surface area (Å²) in [5.41, 5.74) is -0.863. The third kappa shape index (κ3) is 2.52. The monoisotopic (exact) mass is 289 g/mol. The molecule has 2 saturated heterocycles. The average molecular weight is 289 g/mol. The molecule has 0 aromatic heterocycles. The minimum atomic E-state index is -0.767. The molecule has 2 heterocycles. The lowest BCUT2D eigenvalue weighted by Gasteiger charge is -2.30. The minimum Gasteiger partial charge on any atom is -0.351 e. The maximum absolute atomic E-state index is 12.8. The van der Waals surface area contributed by atoms with E-state index in [1.54, 1.807) is 0 Å². The molecule has 0 aromatic carbocycles. The van der Waals surface area contributed by atoms with E-state index in [0.717, 1.165) is 45.1 Å². The van der Waals surface area contributed by atoms with Crippen molar-refractivity contribution in [3.8, 4) is 6.07 Å². The molecule has 5 heteroatoms. The molecule has 114 valence electrons. The van der Waals surface area contributed by atoms with Gasteiger partial charge in [0.1, 0.15) is 5.41 Å². The first-order chi connectivity index (χ1) is 10.1. The van der Waals surface area contributed by atoms with E-state index in [4.69, 9.17) is 0 Å². The van der Waals surface area contributed by atoms with Crippen LogP contribution in [0.1, 0.15) is 57.8 Å². The Morgan fingerprint density at radius 2 is 1.86 bits per heavy atom. The number of rotatable bonds is 1. The predicted molar refractivity (Wildman–Crippen MR) is 77.1 cm³/mol. The number of likely N-dealkylation sites (tertiary alicyclic amines) is 1. The highest BCUT2D eigenvalue weighted by molar-refractivity contribution is 5.86. The van der Waals surface area contributed by atoms with Crippen molar-refractivity contribution < 1.29 is 9.59 Å². The Labute approximate surface area is 125 Å². The van der Waals surface area contributed by atoms with E-state index in [1.165, 1.54) is 0 Å². The molecule has 1 spiro atoms. The quantitative estimate of drug-likeness (QED) is 0.799. The van der Waals surface area contributed by atoms with E-state index in [1.807, 2.05) is 4.90 Å². The highest BCUT2D eigenvalue weighted by Crippen LogP contribution is 2.40. The van der Waals surface area contributed by atoms with Crippen LogP contribution in [0.5, 0.6) is 0 Å². The molecule has 1 saturated carbocycles. The fraction of sp³-hybridized carbons (Fsp3) is 0.812. The average Bonchev–Trinajstić information content (AvgIpc) is 3.04. The highest BCUT2D eigenvalue weighted by atomic mass is 16.2. The molecule has 1 N–H and O–H groups in total. The van der Waals surface area contributed by atoms with Crippen LogP contribution in [-0.4, -0.2) is 35.3 Å². The summed E-state index contributed by atoms with van der Waals surface area (Å²) in [6.07, 6.45) is 7.55. The molecule has 0 aromatic rings. The number of nitrogens with one attached hydrogen (secondary N) is 1. The fourth-order valence-electron chi connectivity index (χ4n) is 4.20. The summed E-state index contributed by atoms with van der Waals surface area (Å²) in [5, 5.41) is 12.6. The summed E-state index contributed by atoms with van der Waals surface area (Å²) >= 11 is 0. The zero-order valence-corrected chi connectivity index (χ0v) is 12.5. The number of amides is 2. The van der Waals surface area contributed by atoms with Crippen LogP contribution in [0, 0.1) is 16.7 Å². The third-order valence-corrected chi connectivity index (χ3v) is 5.55. The zero-order chi connectivity index (χ0) is 14.9. The van der Waals surface area contributed by atoms with Crippen molar-refractivity contribution in [2.24, 2.45) is 5.41 Å². The number of hydrogen-bond donors (Lipinski definition) is 1. The summed E-state index contributed by atoms with van der Waals surface area (Å²) in [6.45, 7) is 1.39. The smallest absolute Gasteiger partial charge is 0.243 e. The third-order valence-electron chi connectivity index (χ3n) is 5.55. The number of hydrogen-bond acceptors (Lipinski definition) is 3. The van der Waals surface area contributed by atoms with Crippen molar-refractivity contribution in [2.45, 2.75) is 63.3 Å². The van der Waals surface area contributed by atoms with Crippen LogP contribution in [-0.2, 0) is 9.59 Å². The van der Waals surface area contributed by atoms with Crippen LogP contribution >= 0.6 is 0 Å². The second-order valence-electron chi connectivity index (χ2n) is 6.88. The van der Waals surface area contributed by atoms with Gasteiger partial charge < -0.3 is 10.2 Å². The molecule has 2 aliphatic heterocycles. The van der Waals surface area contributed by atoms with Gasteiger partial charge in [0, 0.05) is 25.0 Å². The maximum atomic E-state index is 12.8. The lowest BCUT2D eigenvalue weighted by Crippen LogP contribution is -2.45. The molecule has 3 aliphatic rings. The molecule has 2 amide bonds. The largest absolute Gasteiger partial charge is 0.351 e. The molecule has 1 unspecified atom stereocenters. The zero-order valence-electron chi connectivity index (χ0n) is 12.5. The fourth-order valence-corrected chi connectivity index (χ4v) is 4.20. The molecule has 21 heavy (non-hydrogen) atoms. The van der Waals surface area contributed by atoms with Crippen LogP contribution in [0.2, 0.25) is 0 Å². The summed E-state index contributed by atoms with van der Waals surface area (Å²) < 4.78 is 0. The molecule has 3 fully saturated rings. The Kier molecular flexibility index (Phi) is 3.64. The second-order valence-corrected chi connectivity index (χ2v) is 6.88. The Balaban J connectivity index is 1.69. The molecular weight excluding hydrogens is 266 g/mol. The first kappa shape index (κ1) is 14.4. The van der Waals surface area contributed by atoms with Gasteiger partial charge >= 0.3 is 0 Å². The van der Waals surface area contributed by atoms with Gasteiger partial charge in [-0.3, -0.25) is 9.59 Å². The van der Waals surface area contributed by atoms with Gasteiger partial charge in [-0.05, 0) is 38.5 Å². The summed E-state index contributed by atoms with van der Waals surface area (Å²) in [6, 6.07) is 2.30. The van der Waals surface area contributed by atoms with Gasteiger partial charge in [-0.25, -0.2) is 0 Å². The molecule has 1 atom stereocenters. The maximum Gasteiger partial charge on any atom is 0.243 e. The lowest BCUT2D eigenvalue weighted by molar-refractivity contribution is -0.138. The van der Waals surface area contributed by atoms with Crippen molar-refractivity contribution in [1.29, 1.82) is 5.26 Å². The van der Waals surface area contributed by atoms with E-state index in [-0.39, 0.29) is 17.4 Å². The first-order valence-electron chi connectivity index (χ1n) is 8.11. The van der Waals surface area contributed by atoms with Gasteiger partial charge in [0.05, 0.1) is 6.07 Å². The first-order valence-corrected chi connectivity index (χ1v) is 8.11. The number of carbonyl (C=O) groups is 2. The van der Waals surface area contributed by atoms with E-state index in [2.05, 4.69) is 11.4 Å². The van der Waals surface area contributed by atoms with Crippen molar-refractivity contribution in [2.75, 3.05) is 13.1 Å². The van der Waals surface area contributed by atoms with Gasteiger partial charge in [0.2, 0.25) is 11.8 Å². The van der Waals surface area contributed by atoms with E-state index < -0.39 is 5.41 Å². The van der Waals surface area contributed by atoms with Crippen LogP contribution in [0.4, 0.5) is 0 Å². The normalized spacial score (nSPS) is 31.8. The van der Waals surface area contributed by atoms with E-state index in [0.29, 0.717) is 25.8 Å². The number of nitriles is 1. The van der Waals surface area contributed by atoms with Crippen LogP contribution in [0.25, 0.3) is 0 Å². The van der Waals surface area contributed by atoms with E-state index >= 15 is 0 Å². The molecule has 5 nitrogen and oxygen atoms in total. The molecule has 0 bridgehead atoms. The van der Waals surface area contributed by atoms with Gasteiger partial charge in [-0.1, -0.05) is 12.8 Å². The Hall–Kier alpha value is -1.57. The van der Waals surface area contributed by atoms with Gasteiger partial charge in [0.15, 0.2) is 0 Å². The predicted octanol–water partition coefficient (Wildman–Crippen LogP) is 1.73. The molecule has 3 rings (SSSR count). The van der Waals surface area contributed by atoms with Crippen molar-refractivity contribution >= 4 is 11.8 Å². The minimum absolute atomic E-state index is 0.0314. The van der Waals surface area contributed by atoms with Crippen molar-refractivity contribution in [1.82, 2.24) is 10.2 Å². The molecular formula is C16H23N3O2. The standard InChI is InChI=1S/C16H23N3O2/c17-12-15(5-1-2-6-15)14(21)19-10-3-7-16(9-11-19)8-4-13(20)18-16/h1-11H2,(H,18,20). The van der Waals surface area contributed by atoms with Crippen LogP contribution in [0.15, 0.2) is 0 Å². The Bertz CT molecular complexity index is 490. The molecule has 0 radical (unpaired) electrons. The van der Waals surface area contributed by atoms with E-state index in [9.17, 15) is 14.9 Å². The summed E-state index contributed by atoms with van der Waals surface area (Å²) in [7, 11) is 0. The topological polar surface area (TPSA) is 73.2 Å². The SMILES string of the molecule is N#CC1(C(=O)N2CCCC3(CCC(=O)N3)CC2)CCCC1. The van der Waals surface area contributed by atoms with Crippen LogP contribution < -0.4 is 5.32 Å². The van der Waals surface area contributed by atoms with Gasteiger partial charge in [-0.15, -0.1) is 0 Å². The van der Waals surface area contributed by atoms with Gasteiger partial charge in [-0.2, -0.15) is 5.26 Å². The lowest BCUT2D eigenvalue weighted by atomic mass is 9.86. The van der Waals surface area contributed by atoms with Crippen molar-refractivity contribution in [3.05, 3.63) is 0 Å². The van der Waals surface area contributed by atoms with Crippen LogP contribution in [0.3, 0.4) is 0 Å².